The molecule has 1 aliphatic heterocycles. The van der Waals surface area contributed by atoms with Crippen molar-refractivity contribution in [1.29, 1.82) is 0 Å². The molecule has 1 aliphatic rings. The van der Waals surface area contributed by atoms with Crippen LogP contribution in [0.1, 0.15) is 21.0 Å². The Morgan fingerprint density at radius 1 is 1.63 bits per heavy atom. The molecule has 0 saturated carbocycles. The van der Waals surface area contributed by atoms with E-state index in [1.165, 1.54) is 11.6 Å². The van der Waals surface area contributed by atoms with Crippen LogP contribution in [0.2, 0.25) is 0 Å². The Morgan fingerprint density at radius 2 is 2.42 bits per heavy atom. The van der Waals surface area contributed by atoms with Gasteiger partial charge in [0.05, 0.1) is 14.7 Å². The van der Waals surface area contributed by atoms with E-state index in [9.17, 15) is 14.9 Å². The molecular formula is C12H15N3O3S. The summed E-state index contributed by atoms with van der Waals surface area (Å²) in [5.74, 6) is -0.249. The van der Waals surface area contributed by atoms with Gasteiger partial charge in [-0.25, -0.2) is 0 Å². The largest absolute Gasteiger partial charge is 0.348 e. The van der Waals surface area contributed by atoms with Gasteiger partial charge in [0.1, 0.15) is 0 Å². The van der Waals surface area contributed by atoms with Crippen molar-refractivity contribution in [1.82, 2.24) is 10.6 Å². The number of nitrogens with zero attached hydrogens (tertiary/aromatic N) is 1. The molecule has 0 fully saturated rings. The lowest BCUT2D eigenvalue weighted by Gasteiger charge is -2.14. The van der Waals surface area contributed by atoms with Crippen LogP contribution in [0.25, 0.3) is 0 Å². The average Bonchev–Trinajstić information content (AvgIpc) is 2.79. The summed E-state index contributed by atoms with van der Waals surface area (Å²) in [6.45, 7) is 3.90. The summed E-state index contributed by atoms with van der Waals surface area (Å²) in [6.07, 6.45) is 2.98. The van der Waals surface area contributed by atoms with Crippen LogP contribution in [0, 0.1) is 17.0 Å². The molecule has 2 heterocycles. The Morgan fingerprint density at radius 3 is 3.00 bits per heavy atom. The summed E-state index contributed by atoms with van der Waals surface area (Å²) in [5, 5.41) is 16.7. The van der Waals surface area contributed by atoms with Gasteiger partial charge in [-0.3, -0.25) is 14.9 Å². The summed E-state index contributed by atoms with van der Waals surface area (Å²) < 4.78 is 0. The SMILES string of the molecule is Cc1sc(C(=O)NCC2=CCNCC2)cc1[N+](=O)[O-]. The van der Waals surface area contributed by atoms with E-state index in [2.05, 4.69) is 16.7 Å². The second-order valence-corrected chi connectivity index (χ2v) is 5.56. The molecular weight excluding hydrogens is 266 g/mol. The van der Waals surface area contributed by atoms with E-state index in [0.717, 1.165) is 30.8 Å². The van der Waals surface area contributed by atoms with Crippen LogP contribution >= 0.6 is 11.3 Å². The minimum Gasteiger partial charge on any atom is -0.348 e. The highest BCUT2D eigenvalue weighted by molar-refractivity contribution is 7.14. The lowest BCUT2D eigenvalue weighted by Crippen LogP contribution is -2.29. The van der Waals surface area contributed by atoms with Crippen molar-refractivity contribution in [2.24, 2.45) is 0 Å². The number of thiophene rings is 1. The third kappa shape index (κ3) is 3.39. The lowest BCUT2D eigenvalue weighted by atomic mass is 10.1. The molecule has 0 saturated heterocycles. The van der Waals surface area contributed by atoms with Gasteiger partial charge in [-0.05, 0) is 19.9 Å². The van der Waals surface area contributed by atoms with Crippen molar-refractivity contribution in [2.75, 3.05) is 19.6 Å². The zero-order chi connectivity index (χ0) is 13.8. The molecule has 6 nitrogen and oxygen atoms in total. The molecule has 2 rings (SSSR count). The smallest absolute Gasteiger partial charge is 0.283 e. The zero-order valence-corrected chi connectivity index (χ0v) is 11.4. The Hall–Kier alpha value is -1.73. The van der Waals surface area contributed by atoms with Crippen molar-refractivity contribution in [2.45, 2.75) is 13.3 Å². The average molecular weight is 281 g/mol. The quantitative estimate of drug-likeness (QED) is 0.499. The van der Waals surface area contributed by atoms with Crippen LogP contribution in [-0.2, 0) is 0 Å². The fraction of sp³-hybridized carbons (Fsp3) is 0.417. The number of nitrogens with one attached hydrogen (secondary N) is 2. The molecule has 1 amide bonds. The summed E-state index contributed by atoms with van der Waals surface area (Å²) >= 11 is 1.15. The first-order chi connectivity index (χ1) is 9.08. The fourth-order valence-electron chi connectivity index (χ4n) is 1.88. The minimum atomic E-state index is -0.460. The summed E-state index contributed by atoms with van der Waals surface area (Å²) in [4.78, 5) is 23.1. The third-order valence-corrected chi connectivity index (χ3v) is 3.98. The highest BCUT2D eigenvalue weighted by atomic mass is 32.1. The molecule has 0 spiro atoms. The Kier molecular flexibility index (Phi) is 4.28. The first-order valence-electron chi connectivity index (χ1n) is 5.99. The van der Waals surface area contributed by atoms with E-state index in [1.807, 2.05) is 0 Å². The van der Waals surface area contributed by atoms with Gasteiger partial charge in [0, 0.05) is 19.2 Å². The maximum atomic E-state index is 11.9. The predicted octanol–water partition coefficient (Wildman–Crippen LogP) is 1.61. The summed E-state index contributed by atoms with van der Waals surface area (Å²) in [5.41, 5.74) is 1.20. The molecule has 19 heavy (non-hydrogen) atoms. The molecule has 0 aliphatic carbocycles. The number of amides is 1. The van der Waals surface area contributed by atoms with Crippen molar-refractivity contribution in [3.05, 3.63) is 37.6 Å². The van der Waals surface area contributed by atoms with Crippen LogP contribution in [0.15, 0.2) is 17.7 Å². The van der Waals surface area contributed by atoms with Gasteiger partial charge in [0.15, 0.2) is 0 Å². The number of aryl methyl sites for hydroxylation is 1. The van der Waals surface area contributed by atoms with Crippen molar-refractivity contribution >= 4 is 22.9 Å². The Labute approximate surface area is 114 Å². The molecule has 0 radical (unpaired) electrons. The first-order valence-corrected chi connectivity index (χ1v) is 6.81. The van der Waals surface area contributed by atoms with Gasteiger partial charge in [0.25, 0.3) is 11.6 Å². The van der Waals surface area contributed by atoms with Crippen LogP contribution < -0.4 is 10.6 Å². The van der Waals surface area contributed by atoms with Crippen LogP contribution in [-0.4, -0.2) is 30.5 Å². The van der Waals surface area contributed by atoms with Crippen LogP contribution in [0.4, 0.5) is 5.69 Å². The van der Waals surface area contributed by atoms with Gasteiger partial charge in [-0.15, -0.1) is 11.3 Å². The Balaban J connectivity index is 1.98. The molecule has 1 aromatic rings. The Bertz CT molecular complexity index is 536. The number of hydrogen-bond acceptors (Lipinski definition) is 5. The third-order valence-electron chi connectivity index (χ3n) is 2.95. The van der Waals surface area contributed by atoms with E-state index in [0.29, 0.717) is 16.3 Å². The van der Waals surface area contributed by atoms with Gasteiger partial charge in [-0.1, -0.05) is 11.6 Å². The number of carbonyl (C=O) groups excluding carboxylic acids is 1. The zero-order valence-electron chi connectivity index (χ0n) is 10.6. The van der Waals surface area contributed by atoms with Gasteiger partial charge in [-0.2, -0.15) is 0 Å². The highest BCUT2D eigenvalue weighted by Crippen LogP contribution is 2.27. The van der Waals surface area contributed by atoms with E-state index < -0.39 is 4.92 Å². The maximum Gasteiger partial charge on any atom is 0.283 e. The normalized spacial score (nSPS) is 14.9. The topological polar surface area (TPSA) is 84.3 Å². The van der Waals surface area contributed by atoms with E-state index in [-0.39, 0.29) is 11.6 Å². The van der Waals surface area contributed by atoms with Crippen molar-refractivity contribution < 1.29 is 9.72 Å². The second kappa shape index (κ2) is 5.94. The molecule has 1 aromatic heterocycles. The van der Waals surface area contributed by atoms with Gasteiger partial charge >= 0.3 is 0 Å². The van der Waals surface area contributed by atoms with Crippen LogP contribution in [0.5, 0.6) is 0 Å². The van der Waals surface area contributed by atoms with E-state index in [4.69, 9.17) is 0 Å². The molecule has 0 unspecified atom stereocenters. The summed E-state index contributed by atoms with van der Waals surface area (Å²) in [6, 6.07) is 1.34. The monoisotopic (exact) mass is 281 g/mol. The van der Waals surface area contributed by atoms with E-state index >= 15 is 0 Å². The molecule has 0 aromatic carbocycles. The fourth-order valence-corrected chi connectivity index (χ4v) is 2.78. The lowest BCUT2D eigenvalue weighted by molar-refractivity contribution is -0.385. The molecule has 0 atom stereocenters. The highest BCUT2D eigenvalue weighted by Gasteiger charge is 2.19. The minimum absolute atomic E-state index is 0.0104. The first kappa shape index (κ1) is 13.7. The molecule has 0 bridgehead atoms. The van der Waals surface area contributed by atoms with E-state index in [1.54, 1.807) is 6.92 Å². The standard InChI is InChI=1S/C12H15N3O3S/c1-8-10(15(17)18)6-11(19-8)12(16)14-7-9-2-4-13-5-3-9/h2,6,13H,3-5,7H2,1H3,(H,14,16). The van der Waals surface area contributed by atoms with Crippen LogP contribution in [0.3, 0.4) is 0 Å². The van der Waals surface area contributed by atoms with Gasteiger partial charge < -0.3 is 10.6 Å². The number of carbonyl (C=O) groups is 1. The molecule has 102 valence electrons. The molecule has 7 heteroatoms. The number of nitro groups is 1. The van der Waals surface area contributed by atoms with Crippen molar-refractivity contribution in [3.8, 4) is 0 Å². The predicted molar refractivity (Wildman–Crippen MR) is 73.6 cm³/mol. The summed E-state index contributed by atoms with van der Waals surface area (Å²) in [7, 11) is 0. The number of rotatable bonds is 4. The van der Waals surface area contributed by atoms with Crippen molar-refractivity contribution in [3.63, 3.8) is 0 Å². The van der Waals surface area contributed by atoms with Gasteiger partial charge in [0.2, 0.25) is 0 Å². The number of hydrogen-bond donors (Lipinski definition) is 2. The molecule has 2 N–H and O–H groups in total. The second-order valence-electron chi connectivity index (χ2n) is 4.31. The maximum absolute atomic E-state index is 11.9.